The minimum Gasteiger partial charge on any atom is -0.349 e. The molecule has 2 aromatic rings. The molecule has 3 nitrogen and oxygen atoms in total. The third kappa shape index (κ3) is 2.50. The molecule has 1 fully saturated rings. The molecule has 1 saturated carbocycles. The Labute approximate surface area is 135 Å². The lowest BCUT2D eigenvalue weighted by atomic mass is 10.1. The van der Waals surface area contributed by atoms with Gasteiger partial charge in [0.15, 0.2) is 0 Å². The molecule has 0 atom stereocenters. The normalized spacial score (nSPS) is 14.4. The van der Waals surface area contributed by atoms with E-state index in [0.717, 1.165) is 35.7 Å². The van der Waals surface area contributed by atoms with Crippen molar-refractivity contribution in [2.24, 2.45) is 0 Å². The number of nitriles is 1. The zero-order valence-electron chi connectivity index (χ0n) is 13.4. The Morgan fingerprint density at radius 3 is 2.68 bits per heavy atom. The largest absolute Gasteiger partial charge is 0.349 e. The average Bonchev–Trinajstić information content (AvgIpc) is 3.22. The van der Waals surface area contributed by atoms with E-state index >= 15 is 0 Å². The van der Waals surface area contributed by atoms with Crippen molar-refractivity contribution in [3.63, 3.8) is 0 Å². The second kappa shape index (κ2) is 6.10. The first-order valence-corrected chi connectivity index (χ1v) is 8.78. The molecule has 114 valence electrons. The minimum atomic E-state index is 0.818. The van der Waals surface area contributed by atoms with Crippen molar-refractivity contribution in [1.29, 1.82) is 5.26 Å². The molecule has 0 spiro atoms. The third-order valence-corrected chi connectivity index (χ3v) is 5.42. The Morgan fingerprint density at radius 2 is 2.09 bits per heavy atom. The highest BCUT2D eigenvalue weighted by molar-refractivity contribution is 7.11. The lowest BCUT2D eigenvalue weighted by Gasteiger charge is -2.04. The van der Waals surface area contributed by atoms with E-state index in [1.54, 1.807) is 11.3 Å². The fourth-order valence-electron chi connectivity index (χ4n) is 3.39. The minimum absolute atomic E-state index is 0.818. The Morgan fingerprint density at radius 1 is 1.36 bits per heavy atom. The first kappa shape index (κ1) is 15.1. The molecular formula is C18H21N3S. The van der Waals surface area contributed by atoms with Crippen molar-refractivity contribution < 1.29 is 0 Å². The van der Waals surface area contributed by atoms with E-state index in [-0.39, 0.29) is 0 Å². The predicted octanol–water partition coefficient (Wildman–Crippen LogP) is 5.10. The highest BCUT2D eigenvalue weighted by atomic mass is 32.1. The van der Waals surface area contributed by atoms with Crippen LogP contribution in [0.5, 0.6) is 0 Å². The van der Waals surface area contributed by atoms with Gasteiger partial charge in [0.25, 0.3) is 0 Å². The number of hydrogen-bond acceptors (Lipinski definition) is 3. The van der Waals surface area contributed by atoms with Gasteiger partial charge in [0.1, 0.15) is 11.1 Å². The Bertz CT molecular complexity index is 763. The SMILES string of the molecule is CCn1c(C)cc(-c2csc(C(C#N)=C3CCCC3)n2)c1C. The second-order valence-electron chi connectivity index (χ2n) is 5.86. The number of nitrogens with zero attached hydrogens (tertiary/aromatic N) is 3. The number of allylic oxidation sites excluding steroid dienone is 2. The van der Waals surface area contributed by atoms with Gasteiger partial charge in [-0.05, 0) is 58.1 Å². The number of hydrogen-bond donors (Lipinski definition) is 0. The topological polar surface area (TPSA) is 41.6 Å². The van der Waals surface area contributed by atoms with E-state index in [9.17, 15) is 5.26 Å². The zero-order chi connectivity index (χ0) is 15.7. The van der Waals surface area contributed by atoms with E-state index in [1.165, 1.54) is 35.4 Å². The molecule has 0 N–H and O–H groups in total. The lowest BCUT2D eigenvalue weighted by Crippen LogP contribution is -1.98. The third-order valence-electron chi connectivity index (χ3n) is 4.56. The van der Waals surface area contributed by atoms with Crippen LogP contribution in [0, 0.1) is 25.2 Å². The van der Waals surface area contributed by atoms with Gasteiger partial charge in [-0.15, -0.1) is 11.3 Å². The van der Waals surface area contributed by atoms with Crippen molar-refractivity contribution in [2.45, 2.75) is 53.0 Å². The summed E-state index contributed by atoms with van der Waals surface area (Å²) in [5.41, 5.74) is 6.82. The van der Waals surface area contributed by atoms with Crippen molar-refractivity contribution in [2.75, 3.05) is 0 Å². The maximum atomic E-state index is 9.52. The summed E-state index contributed by atoms with van der Waals surface area (Å²) in [7, 11) is 0. The summed E-state index contributed by atoms with van der Waals surface area (Å²) in [5.74, 6) is 0. The highest BCUT2D eigenvalue weighted by Crippen LogP contribution is 2.35. The number of aryl methyl sites for hydroxylation is 1. The maximum absolute atomic E-state index is 9.52. The van der Waals surface area contributed by atoms with E-state index in [1.807, 2.05) is 0 Å². The van der Waals surface area contributed by atoms with Crippen molar-refractivity contribution in [1.82, 2.24) is 9.55 Å². The van der Waals surface area contributed by atoms with Crippen LogP contribution in [0.4, 0.5) is 0 Å². The van der Waals surface area contributed by atoms with Crippen molar-refractivity contribution >= 4 is 16.9 Å². The molecule has 0 aliphatic heterocycles. The maximum Gasteiger partial charge on any atom is 0.134 e. The van der Waals surface area contributed by atoms with E-state index in [4.69, 9.17) is 4.98 Å². The fourth-order valence-corrected chi connectivity index (χ4v) is 4.25. The van der Waals surface area contributed by atoms with Crippen LogP contribution in [-0.4, -0.2) is 9.55 Å². The summed E-state index contributed by atoms with van der Waals surface area (Å²) in [5, 5.41) is 12.5. The molecule has 1 aliphatic rings. The Kier molecular flexibility index (Phi) is 4.17. The molecular weight excluding hydrogens is 290 g/mol. The molecule has 2 aromatic heterocycles. The molecule has 2 heterocycles. The predicted molar refractivity (Wildman–Crippen MR) is 91.7 cm³/mol. The molecule has 4 heteroatoms. The average molecular weight is 311 g/mol. The van der Waals surface area contributed by atoms with Gasteiger partial charge in [-0.1, -0.05) is 0 Å². The quantitative estimate of drug-likeness (QED) is 0.740. The number of rotatable bonds is 3. The molecule has 1 aliphatic carbocycles. The van der Waals surface area contributed by atoms with Gasteiger partial charge in [-0.25, -0.2) is 4.98 Å². The summed E-state index contributed by atoms with van der Waals surface area (Å²) in [6.07, 6.45) is 4.52. The number of thiazole rings is 1. The van der Waals surface area contributed by atoms with Gasteiger partial charge in [-0.2, -0.15) is 5.26 Å². The fraction of sp³-hybridized carbons (Fsp3) is 0.444. The molecule has 0 saturated heterocycles. The van der Waals surface area contributed by atoms with Crippen molar-refractivity contribution in [3.05, 3.63) is 33.4 Å². The zero-order valence-corrected chi connectivity index (χ0v) is 14.3. The molecule has 22 heavy (non-hydrogen) atoms. The first-order chi connectivity index (χ1) is 10.7. The summed E-state index contributed by atoms with van der Waals surface area (Å²) in [6.45, 7) is 7.41. The van der Waals surface area contributed by atoms with Crippen LogP contribution in [0.1, 0.15) is 49.0 Å². The van der Waals surface area contributed by atoms with Crippen LogP contribution in [0.15, 0.2) is 17.0 Å². The molecule has 0 unspecified atom stereocenters. The molecule has 0 radical (unpaired) electrons. The first-order valence-electron chi connectivity index (χ1n) is 7.90. The van der Waals surface area contributed by atoms with Crippen LogP contribution in [0.3, 0.4) is 0 Å². The molecule has 3 rings (SSSR count). The summed E-state index contributed by atoms with van der Waals surface area (Å²) in [6, 6.07) is 4.59. The van der Waals surface area contributed by atoms with Gasteiger partial charge in [0.2, 0.25) is 0 Å². The van der Waals surface area contributed by atoms with E-state index in [2.05, 4.69) is 42.9 Å². The lowest BCUT2D eigenvalue weighted by molar-refractivity contribution is 0.719. The van der Waals surface area contributed by atoms with Gasteiger partial charge in [0.05, 0.1) is 11.3 Å². The standard InChI is InChI=1S/C18H21N3S/c1-4-21-12(2)9-15(13(21)3)17-11-22-18(20-17)16(10-19)14-7-5-6-8-14/h9,11H,4-8H2,1-3H3. The highest BCUT2D eigenvalue weighted by Gasteiger charge is 2.18. The van der Waals surface area contributed by atoms with Crippen LogP contribution >= 0.6 is 11.3 Å². The summed E-state index contributed by atoms with van der Waals surface area (Å²) in [4.78, 5) is 4.77. The van der Waals surface area contributed by atoms with Crippen LogP contribution in [0.2, 0.25) is 0 Å². The van der Waals surface area contributed by atoms with Crippen molar-refractivity contribution in [3.8, 4) is 17.3 Å². The smallest absolute Gasteiger partial charge is 0.134 e. The second-order valence-corrected chi connectivity index (χ2v) is 6.72. The Balaban J connectivity index is 2.01. The summed E-state index contributed by atoms with van der Waals surface area (Å²) >= 11 is 1.59. The van der Waals surface area contributed by atoms with Gasteiger partial charge in [0, 0.05) is 28.9 Å². The van der Waals surface area contributed by atoms with Gasteiger partial charge >= 0.3 is 0 Å². The van der Waals surface area contributed by atoms with Gasteiger partial charge < -0.3 is 4.57 Å². The molecule has 0 amide bonds. The van der Waals surface area contributed by atoms with Crippen LogP contribution < -0.4 is 0 Å². The van der Waals surface area contributed by atoms with Crippen LogP contribution in [0.25, 0.3) is 16.8 Å². The van der Waals surface area contributed by atoms with E-state index in [0.29, 0.717) is 0 Å². The monoisotopic (exact) mass is 311 g/mol. The Hall–Kier alpha value is -1.86. The molecule has 0 aromatic carbocycles. The molecule has 0 bridgehead atoms. The van der Waals surface area contributed by atoms with E-state index < -0.39 is 0 Å². The van der Waals surface area contributed by atoms with Crippen LogP contribution in [-0.2, 0) is 6.54 Å². The summed E-state index contributed by atoms with van der Waals surface area (Å²) < 4.78 is 2.30. The number of aromatic nitrogens is 2. The van der Waals surface area contributed by atoms with Gasteiger partial charge in [-0.3, -0.25) is 0 Å².